The number of pyridine rings is 1. The Morgan fingerprint density at radius 3 is 2.89 bits per heavy atom. The zero-order valence-electron chi connectivity index (χ0n) is 9.64. The summed E-state index contributed by atoms with van der Waals surface area (Å²) in [4.78, 5) is 15.0. The highest BCUT2D eigenvalue weighted by atomic mass is 79.9. The summed E-state index contributed by atoms with van der Waals surface area (Å²) in [6.07, 6.45) is 1.52. The fourth-order valence-electron chi connectivity index (χ4n) is 1.49. The molecule has 4 nitrogen and oxygen atoms in total. The maximum Gasteiger partial charge on any atom is 0.337 e. The van der Waals surface area contributed by atoms with E-state index in [9.17, 15) is 4.79 Å². The van der Waals surface area contributed by atoms with Gasteiger partial charge in [0.2, 0.25) is 0 Å². The Labute approximate surface area is 123 Å². The monoisotopic (exact) mass is 341 g/mol. The lowest BCUT2D eigenvalue weighted by atomic mass is 10.2. The van der Waals surface area contributed by atoms with Crippen LogP contribution in [0.3, 0.4) is 0 Å². The Hall–Kier alpha value is -1.59. The number of aromatic carboxylic acids is 1. The van der Waals surface area contributed by atoms with Gasteiger partial charge in [0, 0.05) is 10.7 Å². The second-order valence-corrected chi connectivity index (χ2v) is 4.99. The molecular formula is C13H9BrClNO3. The van der Waals surface area contributed by atoms with Crippen LogP contribution < -0.4 is 4.74 Å². The number of nitrogens with zero attached hydrogens (tertiary/aromatic N) is 1. The topological polar surface area (TPSA) is 59.4 Å². The molecule has 0 saturated heterocycles. The number of carboxylic acid groups (broad SMARTS) is 1. The molecule has 0 aliphatic carbocycles. The number of ether oxygens (including phenoxy) is 1. The van der Waals surface area contributed by atoms with Crippen LogP contribution in [0.1, 0.15) is 16.1 Å². The Bertz CT molecular complexity index is 619. The minimum Gasteiger partial charge on any atom is -0.486 e. The van der Waals surface area contributed by atoms with E-state index in [-0.39, 0.29) is 12.2 Å². The zero-order chi connectivity index (χ0) is 13.8. The largest absolute Gasteiger partial charge is 0.486 e. The second kappa shape index (κ2) is 6.04. The Morgan fingerprint density at radius 1 is 1.42 bits per heavy atom. The van der Waals surface area contributed by atoms with E-state index in [2.05, 4.69) is 20.9 Å². The van der Waals surface area contributed by atoms with Crippen LogP contribution >= 0.6 is 27.5 Å². The number of benzene rings is 1. The molecule has 1 heterocycles. The molecule has 2 rings (SSSR count). The summed E-state index contributed by atoms with van der Waals surface area (Å²) in [6.45, 7) is 0.0455. The van der Waals surface area contributed by atoms with Crippen LogP contribution in [-0.2, 0) is 6.61 Å². The average molecular weight is 343 g/mol. The lowest BCUT2D eigenvalue weighted by molar-refractivity contribution is 0.0693. The van der Waals surface area contributed by atoms with E-state index in [1.807, 2.05) is 0 Å². The smallest absolute Gasteiger partial charge is 0.337 e. The molecule has 0 spiro atoms. The maximum absolute atomic E-state index is 11.0. The fourth-order valence-corrected chi connectivity index (χ4v) is 2.21. The van der Waals surface area contributed by atoms with Gasteiger partial charge in [-0.25, -0.2) is 4.79 Å². The SMILES string of the molecule is O=C(O)c1cccnc1COc1ccc(Br)cc1Cl. The summed E-state index contributed by atoms with van der Waals surface area (Å²) < 4.78 is 6.33. The Balaban J connectivity index is 2.17. The molecule has 19 heavy (non-hydrogen) atoms. The third-order valence-corrected chi connectivity index (χ3v) is 3.17. The van der Waals surface area contributed by atoms with Crippen LogP contribution in [0.15, 0.2) is 41.0 Å². The van der Waals surface area contributed by atoms with Crippen molar-refractivity contribution in [3.63, 3.8) is 0 Å². The minimum atomic E-state index is -1.03. The number of aromatic nitrogens is 1. The van der Waals surface area contributed by atoms with E-state index >= 15 is 0 Å². The van der Waals surface area contributed by atoms with Crippen molar-refractivity contribution in [3.05, 3.63) is 57.3 Å². The van der Waals surface area contributed by atoms with Gasteiger partial charge in [-0.2, -0.15) is 0 Å². The van der Waals surface area contributed by atoms with Gasteiger partial charge in [0.15, 0.2) is 0 Å². The predicted molar refractivity (Wildman–Crippen MR) is 74.7 cm³/mol. The van der Waals surface area contributed by atoms with Crippen molar-refractivity contribution in [2.24, 2.45) is 0 Å². The van der Waals surface area contributed by atoms with Gasteiger partial charge in [0.25, 0.3) is 0 Å². The van der Waals surface area contributed by atoms with Crippen molar-refractivity contribution in [2.45, 2.75) is 6.61 Å². The second-order valence-electron chi connectivity index (χ2n) is 3.67. The van der Waals surface area contributed by atoms with Crippen LogP contribution in [0.5, 0.6) is 5.75 Å². The number of halogens is 2. The molecule has 0 fully saturated rings. The number of hydrogen-bond acceptors (Lipinski definition) is 3. The third kappa shape index (κ3) is 3.45. The van der Waals surface area contributed by atoms with E-state index in [0.717, 1.165) is 4.47 Å². The van der Waals surface area contributed by atoms with Crippen LogP contribution in [0.4, 0.5) is 0 Å². The molecule has 0 amide bonds. The molecule has 6 heteroatoms. The van der Waals surface area contributed by atoms with Crippen molar-refractivity contribution in [1.82, 2.24) is 4.98 Å². The van der Waals surface area contributed by atoms with Crippen molar-refractivity contribution >= 4 is 33.5 Å². The molecule has 1 N–H and O–H groups in total. The van der Waals surface area contributed by atoms with Gasteiger partial charge in [0.1, 0.15) is 12.4 Å². The number of carbonyl (C=O) groups is 1. The van der Waals surface area contributed by atoms with Gasteiger partial charge in [-0.1, -0.05) is 27.5 Å². The van der Waals surface area contributed by atoms with E-state index in [1.54, 1.807) is 24.3 Å². The summed E-state index contributed by atoms with van der Waals surface area (Å²) in [6, 6.07) is 8.25. The minimum absolute atomic E-state index is 0.0455. The molecule has 0 radical (unpaired) electrons. The van der Waals surface area contributed by atoms with Gasteiger partial charge >= 0.3 is 5.97 Å². The van der Waals surface area contributed by atoms with Crippen LogP contribution in [0.2, 0.25) is 5.02 Å². The first-order valence-electron chi connectivity index (χ1n) is 5.33. The molecule has 0 bridgehead atoms. The molecule has 0 unspecified atom stereocenters. The quantitative estimate of drug-likeness (QED) is 0.918. The number of carboxylic acids is 1. The summed E-state index contributed by atoms with van der Waals surface area (Å²) in [7, 11) is 0. The molecular weight excluding hydrogens is 334 g/mol. The molecule has 2 aromatic rings. The molecule has 0 aliphatic heterocycles. The molecule has 98 valence electrons. The number of rotatable bonds is 4. The molecule has 1 aromatic heterocycles. The first-order valence-corrected chi connectivity index (χ1v) is 6.50. The van der Waals surface area contributed by atoms with Crippen molar-refractivity contribution in [2.75, 3.05) is 0 Å². The predicted octanol–water partition coefficient (Wildman–Crippen LogP) is 3.77. The Morgan fingerprint density at radius 2 is 2.21 bits per heavy atom. The highest BCUT2D eigenvalue weighted by Crippen LogP contribution is 2.28. The lowest BCUT2D eigenvalue weighted by Gasteiger charge is -2.09. The van der Waals surface area contributed by atoms with Gasteiger partial charge in [-0.3, -0.25) is 4.98 Å². The van der Waals surface area contributed by atoms with Crippen LogP contribution in [-0.4, -0.2) is 16.1 Å². The molecule has 0 aliphatic rings. The summed E-state index contributed by atoms with van der Waals surface area (Å²) in [5.74, 6) is -0.555. The first kappa shape index (κ1) is 13.8. The van der Waals surface area contributed by atoms with Gasteiger partial charge in [0.05, 0.1) is 16.3 Å². The standard InChI is InChI=1S/C13H9BrClNO3/c14-8-3-4-12(10(15)6-8)19-7-11-9(13(17)18)2-1-5-16-11/h1-6H,7H2,(H,17,18). The normalized spacial score (nSPS) is 10.2. The highest BCUT2D eigenvalue weighted by molar-refractivity contribution is 9.10. The van der Waals surface area contributed by atoms with Crippen molar-refractivity contribution < 1.29 is 14.6 Å². The van der Waals surface area contributed by atoms with Crippen molar-refractivity contribution in [1.29, 1.82) is 0 Å². The summed E-state index contributed by atoms with van der Waals surface area (Å²) in [5.41, 5.74) is 0.477. The van der Waals surface area contributed by atoms with E-state index in [1.165, 1.54) is 12.3 Å². The van der Waals surface area contributed by atoms with Crippen LogP contribution in [0, 0.1) is 0 Å². The van der Waals surface area contributed by atoms with Crippen LogP contribution in [0.25, 0.3) is 0 Å². The average Bonchev–Trinajstić information content (AvgIpc) is 2.38. The first-order chi connectivity index (χ1) is 9.08. The lowest BCUT2D eigenvalue weighted by Crippen LogP contribution is -2.07. The maximum atomic E-state index is 11.0. The molecule has 0 atom stereocenters. The Kier molecular flexibility index (Phi) is 4.39. The highest BCUT2D eigenvalue weighted by Gasteiger charge is 2.11. The van der Waals surface area contributed by atoms with Crippen molar-refractivity contribution in [3.8, 4) is 5.75 Å². The van der Waals surface area contributed by atoms with Gasteiger partial charge < -0.3 is 9.84 Å². The summed E-state index contributed by atoms with van der Waals surface area (Å²) in [5, 5.41) is 9.47. The van der Waals surface area contributed by atoms with E-state index < -0.39 is 5.97 Å². The fraction of sp³-hybridized carbons (Fsp3) is 0.0769. The molecule has 0 saturated carbocycles. The summed E-state index contributed by atoms with van der Waals surface area (Å²) >= 11 is 9.30. The van der Waals surface area contributed by atoms with E-state index in [4.69, 9.17) is 21.4 Å². The number of hydrogen-bond donors (Lipinski definition) is 1. The zero-order valence-corrected chi connectivity index (χ0v) is 12.0. The van der Waals surface area contributed by atoms with E-state index in [0.29, 0.717) is 16.5 Å². The van der Waals surface area contributed by atoms with Gasteiger partial charge in [-0.15, -0.1) is 0 Å². The van der Waals surface area contributed by atoms with Gasteiger partial charge in [-0.05, 0) is 30.3 Å². The molecule has 1 aromatic carbocycles. The third-order valence-electron chi connectivity index (χ3n) is 2.38.